The fraction of sp³-hybridized carbons (Fsp3) is 0. The van der Waals surface area contributed by atoms with E-state index in [1.165, 1.54) is 24.0 Å². The third kappa shape index (κ3) is 2.63. The number of para-hydroxylation sites is 1. The molecule has 100 valence electrons. The second-order valence-electron chi connectivity index (χ2n) is 3.87. The average molecular weight is 323 g/mol. The van der Waals surface area contributed by atoms with Crippen LogP contribution in [-0.2, 0) is 0 Å². The minimum Gasteiger partial charge on any atom is -0.478 e. The van der Waals surface area contributed by atoms with Crippen molar-refractivity contribution in [3.63, 3.8) is 0 Å². The van der Waals surface area contributed by atoms with E-state index in [1.54, 1.807) is 11.3 Å². The first-order valence-electron chi connectivity index (χ1n) is 5.56. The van der Waals surface area contributed by atoms with Gasteiger partial charge in [-0.25, -0.2) is 14.8 Å². The molecule has 0 radical (unpaired) electrons. The number of rotatable bonds is 3. The Kier molecular flexibility index (Phi) is 3.60. The Hall–Kier alpha value is -1.63. The first-order valence-corrected chi connectivity index (χ1v) is 7.57. The summed E-state index contributed by atoms with van der Waals surface area (Å²) in [4.78, 5) is 19.4. The van der Waals surface area contributed by atoms with Crippen LogP contribution in [0.25, 0.3) is 10.2 Å². The smallest absolute Gasteiger partial charge is 0.337 e. The van der Waals surface area contributed by atoms with E-state index in [4.69, 9.17) is 16.7 Å². The van der Waals surface area contributed by atoms with E-state index >= 15 is 0 Å². The number of pyridine rings is 1. The number of carboxylic acid groups (broad SMARTS) is 1. The number of fused-ring (bicyclic) bond motifs is 1. The van der Waals surface area contributed by atoms with E-state index in [-0.39, 0.29) is 5.56 Å². The number of hydrogen-bond acceptors (Lipinski definition) is 5. The molecule has 0 saturated heterocycles. The number of hydrogen-bond donors (Lipinski definition) is 1. The van der Waals surface area contributed by atoms with E-state index < -0.39 is 5.97 Å². The van der Waals surface area contributed by atoms with Gasteiger partial charge in [-0.1, -0.05) is 23.7 Å². The second kappa shape index (κ2) is 5.40. The molecule has 1 aromatic carbocycles. The zero-order valence-electron chi connectivity index (χ0n) is 9.91. The molecule has 7 heteroatoms. The number of thiazole rings is 1. The lowest BCUT2D eigenvalue weighted by atomic mass is 10.3. The van der Waals surface area contributed by atoms with Crippen molar-refractivity contribution in [2.45, 2.75) is 9.37 Å². The van der Waals surface area contributed by atoms with Gasteiger partial charge < -0.3 is 5.11 Å². The molecule has 0 aliphatic carbocycles. The summed E-state index contributed by atoms with van der Waals surface area (Å²) in [5.41, 5.74) is 1.00. The Morgan fingerprint density at radius 1 is 1.35 bits per heavy atom. The highest BCUT2D eigenvalue weighted by Crippen LogP contribution is 2.36. The maximum atomic E-state index is 10.8. The van der Waals surface area contributed by atoms with Gasteiger partial charge in [-0.2, -0.15) is 0 Å². The number of aromatic carboxylic acids is 1. The van der Waals surface area contributed by atoms with Gasteiger partial charge >= 0.3 is 5.97 Å². The van der Waals surface area contributed by atoms with E-state index in [9.17, 15) is 4.79 Å². The van der Waals surface area contributed by atoms with Gasteiger partial charge in [0.25, 0.3) is 0 Å². The normalized spacial score (nSPS) is 10.8. The van der Waals surface area contributed by atoms with E-state index in [0.717, 1.165) is 14.6 Å². The molecule has 20 heavy (non-hydrogen) atoms. The highest BCUT2D eigenvalue weighted by Gasteiger charge is 2.12. The molecule has 0 saturated carbocycles. The van der Waals surface area contributed by atoms with Crippen LogP contribution in [0.15, 0.2) is 45.9 Å². The number of aromatic nitrogens is 2. The van der Waals surface area contributed by atoms with Gasteiger partial charge in [-0.05, 0) is 30.0 Å². The molecule has 0 bridgehead atoms. The molecule has 0 unspecified atom stereocenters. The van der Waals surface area contributed by atoms with Gasteiger partial charge in [0.05, 0.1) is 20.8 Å². The summed E-state index contributed by atoms with van der Waals surface area (Å²) >= 11 is 8.93. The minimum absolute atomic E-state index is 0.0728. The van der Waals surface area contributed by atoms with Crippen LogP contribution in [0.2, 0.25) is 5.02 Å². The molecule has 2 heterocycles. The van der Waals surface area contributed by atoms with Crippen LogP contribution in [0, 0.1) is 0 Å². The van der Waals surface area contributed by atoms with Gasteiger partial charge in [0, 0.05) is 6.20 Å². The maximum Gasteiger partial charge on any atom is 0.337 e. The Morgan fingerprint density at radius 2 is 2.15 bits per heavy atom. The molecule has 1 N–H and O–H groups in total. The van der Waals surface area contributed by atoms with E-state index in [2.05, 4.69) is 9.97 Å². The third-order valence-electron chi connectivity index (χ3n) is 2.51. The van der Waals surface area contributed by atoms with E-state index in [1.807, 2.05) is 24.3 Å². The molecule has 0 aliphatic rings. The maximum absolute atomic E-state index is 10.8. The molecular formula is C13H7ClN2O2S2. The Labute approximate surface area is 127 Å². The van der Waals surface area contributed by atoms with Crippen LogP contribution < -0.4 is 0 Å². The minimum atomic E-state index is -1.05. The van der Waals surface area contributed by atoms with Crippen LogP contribution in [-0.4, -0.2) is 21.0 Å². The molecule has 0 aliphatic heterocycles. The fourth-order valence-corrected chi connectivity index (χ4v) is 3.82. The molecule has 0 fully saturated rings. The van der Waals surface area contributed by atoms with Gasteiger partial charge in [-0.3, -0.25) is 0 Å². The number of benzene rings is 1. The molecule has 3 rings (SSSR count). The molecule has 3 aromatic rings. The van der Waals surface area contributed by atoms with E-state index in [0.29, 0.717) is 10.0 Å². The highest BCUT2D eigenvalue weighted by atomic mass is 35.5. The van der Waals surface area contributed by atoms with Crippen molar-refractivity contribution >= 4 is 50.9 Å². The third-order valence-corrected chi connectivity index (χ3v) is 5.03. The van der Waals surface area contributed by atoms with Crippen molar-refractivity contribution in [1.82, 2.24) is 9.97 Å². The molecule has 0 amide bonds. The van der Waals surface area contributed by atoms with Crippen molar-refractivity contribution in [3.05, 3.63) is 47.1 Å². The first-order chi connectivity index (χ1) is 9.63. The van der Waals surface area contributed by atoms with Crippen molar-refractivity contribution in [3.8, 4) is 0 Å². The van der Waals surface area contributed by atoms with Crippen LogP contribution >= 0.6 is 34.7 Å². The van der Waals surface area contributed by atoms with Crippen molar-refractivity contribution in [2.75, 3.05) is 0 Å². The largest absolute Gasteiger partial charge is 0.478 e. The number of halogens is 1. The number of nitrogens with zero attached hydrogens (tertiary/aromatic N) is 2. The van der Waals surface area contributed by atoms with Crippen LogP contribution in [0.3, 0.4) is 0 Å². The topological polar surface area (TPSA) is 63.1 Å². The monoisotopic (exact) mass is 322 g/mol. The summed E-state index contributed by atoms with van der Waals surface area (Å²) in [6.07, 6.45) is 1.30. The van der Waals surface area contributed by atoms with Crippen LogP contribution in [0.1, 0.15) is 10.4 Å². The Balaban J connectivity index is 1.92. The Bertz CT molecular complexity index is 771. The standard InChI is InChI=1S/C13H7ClN2O2S2/c14-8-5-7(12(17)18)6-15-11(8)20-13-16-9-3-1-2-4-10(9)19-13/h1-6H,(H,17,18). The van der Waals surface area contributed by atoms with Gasteiger partial charge in [0.15, 0.2) is 4.34 Å². The van der Waals surface area contributed by atoms with Crippen LogP contribution in [0.5, 0.6) is 0 Å². The second-order valence-corrected chi connectivity index (χ2v) is 6.54. The van der Waals surface area contributed by atoms with Gasteiger partial charge in [0.2, 0.25) is 0 Å². The number of carboxylic acids is 1. The summed E-state index contributed by atoms with van der Waals surface area (Å²) in [7, 11) is 0. The quantitative estimate of drug-likeness (QED) is 0.783. The summed E-state index contributed by atoms with van der Waals surface area (Å²) in [5.74, 6) is -1.05. The molecule has 2 aromatic heterocycles. The predicted octanol–water partition coefficient (Wildman–Crippen LogP) is 4.19. The number of carbonyl (C=O) groups is 1. The zero-order valence-corrected chi connectivity index (χ0v) is 12.3. The Morgan fingerprint density at radius 3 is 2.85 bits per heavy atom. The van der Waals surface area contributed by atoms with Gasteiger partial charge in [0.1, 0.15) is 5.03 Å². The molecule has 4 nitrogen and oxygen atoms in total. The zero-order chi connectivity index (χ0) is 14.1. The highest BCUT2D eigenvalue weighted by molar-refractivity contribution is 8.01. The molecule has 0 atom stereocenters. The van der Waals surface area contributed by atoms with Crippen LogP contribution in [0.4, 0.5) is 0 Å². The summed E-state index contributed by atoms with van der Waals surface area (Å²) in [6.45, 7) is 0. The van der Waals surface area contributed by atoms with Crippen molar-refractivity contribution < 1.29 is 9.90 Å². The molecular weight excluding hydrogens is 316 g/mol. The summed E-state index contributed by atoms with van der Waals surface area (Å²) < 4.78 is 1.91. The SMILES string of the molecule is O=C(O)c1cnc(Sc2nc3ccccc3s2)c(Cl)c1. The lowest BCUT2D eigenvalue weighted by molar-refractivity contribution is 0.0696. The summed E-state index contributed by atoms with van der Waals surface area (Å²) in [6, 6.07) is 9.23. The van der Waals surface area contributed by atoms with Crippen molar-refractivity contribution in [1.29, 1.82) is 0 Å². The lowest BCUT2D eigenvalue weighted by Crippen LogP contribution is -1.97. The average Bonchev–Trinajstić information content (AvgIpc) is 2.83. The predicted molar refractivity (Wildman–Crippen MR) is 79.9 cm³/mol. The fourth-order valence-electron chi connectivity index (χ4n) is 1.59. The summed E-state index contributed by atoms with van der Waals surface area (Å²) in [5, 5.41) is 9.74. The first kappa shape index (κ1) is 13.4. The lowest BCUT2D eigenvalue weighted by Gasteiger charge is -2.01. The van der Waals surface area contributed by atoms with Crippen molar-refractivity contribution in [2.24, 2.45) is 0 Å². The van der Waals surface area contributed by atoms with Gasteiger partial charge in [-0.15, -0.1) is 11.3 Å². The molecule has 0 spiro atoms.